The number of hydrogen-bond acceptors (Lipinski definition) is 4. The number of halogens is 2. The van der Waals surface area contributed by atoms with Crippen LogP contribution in [0.3, 0.4) is 0 Å². The molecule has 9 heteroatoms. The molecule has 0 bridgehead atoms. The van der Waals surface area contributed by atoms with Gasteiger partial charge in [0.1, 0.15) is 6.67 Å². The van der Waals surface area contributed by atoms with Gasteiger partial charge < -0.3 is 10.4 Å². The number of rotatable bonds is 7. The summed E-state index contributed by atoms with van der Waals surface area (Å²) in [5.74, 6) is -2.23. The molecule has 2 N–H and O–H groups in total. The summed E-state index contributed by atoms with van der Waals surface area (Å²) >= 11 is 5.97. The minimum absolute atomic E-state index is 0.0310. The lowest BCUT2D eigenvalue weighted by atomic mass is 10.2. The van der Waals surface area contributed by atoms with Crippen LogP contribution in [0.25, 0.3) is 5.69 Å². The number of carboxylic acids is 1. The smallest absolute Gasteiger partial charge is 0.328 e. The number of aromatic nitrogens is 3. The number of alkyl halides is 1. The first-order valence-corrected chi connectivity index (χ1v) is 7.65. The van der Waals surface area contributed by atoms with Crippen LogP contribution in [0.1, 0.15) is 29.5 Å². The second-order valence-corrected chi connectivity index (χ2v) is 5.48. The number of carboxylic acid groups (broad SMARTS) is 1. The lowest BCUT2D eigenvalue weighted by molar-refractivity contribution is -0.139. The Hall–Kier alpha value is -2.48. The van der Waals surface area contributed by atoms with Gasteiger partial charge in [-0.05, 0) is 24.6 Å². The molecule has 0 aliphatic carbocycles. The van der Waals surface area contributed by atoms with Crippen molar-refractivity contribution in [3.63, 3.8) is 0 Å². The molecule has 1 aromatic heterocycles. The molecular formula is C15H16ClFN4O3. The molecule has 1 heterocycles. The molecule has 1 aromatic carbocycles. The summed E-state index contributed by atoms with van der Waals surface area (Å²) in [6, 6.07) is 5.23. The second-order valence-electron chi connectivity index (χ2n) is 5.05. The van der Waals surface area contributed by atoms with Crippen molar-refractivity contribution in [2.45, 2.75) is 25.8 Å². The van der Waals surface area contributed by atoms with Crippen LogP contribution in [0.4, 0.5) is 4.39 Å². The highest BCUT2D eigenvalue weighted by atomic mass is 35.5. The molecule has 1 atom stereocenters. The predicted octanol–water partition coefficient (Wildman–Crippen LogP) is 2.03. The Labute approximate surface area is 142 Å². The van der Waals surface area contributed by atoms with E-state index in [0.717, 1.165) is 0 Å². The largest absolute Gasteiger partial charge is 0.480 e. The quantitative estimate of drug-likeness (QED) is 0.792. The third-order valence-electron chi connectivity index (χ3n) is 3.28. The zero-order valence-electron chi connectivity index (χ0n) is 12.9. The van der Waals surface area contributed by atoms with E-state index in [1.54, 1.807) is 24.3 Å². The average Bonchev–Trinajstić information content (AvgIpc) is 2.96. The molecule has 2 aromatic rings. The molecule has 1 unspecified atom stereocenters. The van der Waals surface area contributed by atoms with Crippen LogP contribution in [0.15, 0.2) is 24.3 Å². The molecule has 1 amide bonds. The van der Waals surface area contributed by atoms with Crippen molar-refractivity contribution in [2.75, 3.05) is 6.67 Å². The van der Waals surface area contributed by atoms with Gasteiger partial charge in [0.25, 0.3) is 5.91 Å². The van der Waals surface area contributed by atoms with Crippen molar-refractivity contribution in [3.05, 3.63) is 40.7 Å². The van der Waals surface area contributed by atoms with Crippen LogP contribution in [0, 0.1) is 0 Å². The van der Waals surface area contributed by atoms with E-state index in [4.69, 9.17) is 16.7 Å². The number of amides is 1. The minimum atomic E-state index is -1.62. The molecule has 2 rings (SSSR count). The molecule has 128 valence electrons. The number of nitrogens with one attached hydrogen (secondary N) is 1. The van der Waals surface area contributed by atoms with Gasteiger partial charge in [0.2, 0.25) is 0 Å². The molecular weight excluding hydrogens is 339 g/mol. The summed E-state index contributed by atoms with van der Waals surface area (Å²) in [5.41, 5.74) is 1.09. The van der Waals surface area contributed by atoms with Crippen LogP contribution >= 0.6 is 11.6 Å². The Kier molecular flexibility index (Phi) is 5.86. The molecule has 0 saturated heterocycles. The molecule has 0 saturated carbocycles. The van der Waals surface area contributed by atoms with E-state index in [-0.39, 0.29) is 5.69 Å². The van der Waals surface area contributed by atoms with Gasteiger partial charge in [0.15, 0.2) is 11.7 Å². The average molecular weight is 355 g/mol. The van der Waals surface area contributed by atoms with Gasteiger partial charge in [-0.25, -0.2) is 13.9 Å². The Balaban J connectivity index is 2.37. The SMILES string of the molecule is CCCc1c(C(=O)NC(CF)C(=O)O)nnn1-c1cccc(Cl)c1. The van der Waals surface area contributed by atoms with Gasteiger partial charge in [-0.2, -0.15) is 0 Å². The van der Waals surface area contributed by atoms with Crippen LogP contribution in [0.5, 0.6) is 0 Å². The number of nitrogens with zero attached hydrogens (tertiary/aromatic N) is 3. The zero-order chi connectivity index (χ0) is 17.7. The van der Waals surface area contributed by atoms with E-state index in [0.29, 0.717) is 29.2 Å². The molecule has 0 spiro atoms. The van der Waals surface area contributed by atoms with E-state index >= 15 is 0 Å². The second kappa shape index (κ2) is 7.87. The number of carbonyl (C=O) groups is 2. The van der Waals surface area contributed by atoms with E-state index in [1.165, 1.54) is 4.68 Å². The van der Waals surface area contributed by atoms with Gasteiger partial charge in [-0.15, -0.1) is 5.10 Å². The van der Waals surface area contributed by atoms with Crippen LogP contribution < -0.4 is 5.32 Å². The fourth-order valence-electron chi connectivity index (χ4n) is 2.15. The standard InChI is InChI=1S/C15H16ClFN4O3/c1-2-4-12-13(14(22)18-11(8-17)15(23)24)19-20-21(12)10-6-3-5-9(16)7-10/h3,5-7,11H,2,4,8H2,1H3,(H,18,22)(H,23,24). The molecule has 0 fully saturated rings. The van der Waals surface area contributed by atoms with E-state index < -0.39 is 24.6 Å². The molecule has 24 heavy (non-hydrogen) atoms. The van der Waals surface area contributed by atoms with Crippen molar-refractivity contribution in [1.29, 1.82) is 0 Å². The Bertz CT molecular complexity index is 750. The van der Waals surface area contributed by atoms with Gasteiger partial charge in [-0.3, -0.25) is 4.79 Å². The van der Waals surface area contributed by atoms with Crippen molar-refractivity contribution in [2.24, 2.45) is 0 Å². The summed E-state index contributed by atoms with van der Waals surface area (Å²) in [7, 11) is 0. The van der Waals surface area contributed by atoms with Crippen LogP contribution in [0.2, 0.25) is 5.02 Å². The van der Waals surface area contributed by atoms with Crippen molar-refractivity contribution >= 4 is 23.5 Å². The van der Waals surface area contributed by atoms with Crippen molar-refractivity contribution < 1.29 is 19.1 Å². The molecule has 7 nitrogen and oxygen atoms in total. The highest BCUT2D eigenvalue weighted by Crippen LogP contribution is 2.18. The van der Waals surface area contributed by atoms with Crippen molar-refractivity contribution in [1.82, 2.24) is 20.3 Å². The number of hydrogen-bond donors (Lipinski definition) is 2. The lowest BCUT2D eigenvalue weighted by Crippen LogP contribution is -2.42. The van der Waals surface area contributed by atoms with Gasteiger partial charge in [0.05, 0.1) is 11.4 Å². The van der Waals surface area contributed by atoms with Gasteiger partial charge >= 0.3 is 5.97 Å². The summed E-state index contributed by atoms with van der Waals surface area (Å²) in [5, 5.41) is 19.2. The fourth-order valence-corrected chi connectivity index (χ4v) is 2.33. The highest BCUT2D eigenvalue weighted by Gasteiger charge is 2.25. The third-order valence-corrected chi connectivity index (χ3v) is 3.51. The molecule has 0 aliphatic heterocycles. The topological polar surface area (TPSA) is 97.1 Å². The van der Waals surface area contributed by atoms with E-state index in [1.807, 2.05) is 6.92 Å². The highest BCUT2D eigenvalue weighted by molar-refractivity contribution is 6.30. The maximum atomic E-state index is 12.7. The maximum absolute atomic E-state index is 12.7. The predicted molar refractivity (Wildman–Crippen MR) is 85.2 cm³/mol. The fraction of sp³-hybridized carbons (Fsp3) is 0.333. The van der Waals surface area contributed by atoms with Gasteiger partial charge in [-0.1, -0.05) is 36.2 Å². The van der Waals surface area contributed by atoms with Gasteiger partial charge in [0, 0.05) is 5.02 Å². The summed E-state index contributed by atoms with van der Waals surface area (Å²) in [4.78, 5) is 23.1. The number of aliphatic carboxylic acids is 1. The summed E-state index contributed by atoms with van der Waals surface area (Å²) in [6.45, 7) is 0.700. The number of benzene rings is 1. The number of carbonyl (C=O) groups excluding carboxylic acids is 1. The zero-order valence-corrected chi connectivity index (χ0v) is 13.6. The molecule has 0 aliphatic rings. The van der Waals surface area contributed by atoms with Crippen LogP contribution in [-0.4, -0.2) is 44.7 Å². The summed E-state index contributed by atoms with van der Waals surface area (Å²) < 4.78 is 14.2. The monoisotopic (exact) mass is 354 g/mol. The van der Waals surface area contributed by atoms with E-state index in [2.05, 4.69) is 15.6 Å². The third kappa shape index (κ3) is 3.88. The van der Waals surface area contributed by atoms with Crippen LogP contribution in [-0.2, 0) is 11.2 Å². The van der Waals surface area contributed by atoms with E-state index in [9.17, 15) is 14.0 Å². The maximum Gasteiger partial charge on any atom is 0.328 e. The first-order valence-electron chi connectivity index (χ1n) is 7.28. The lowest BCUT2D eigenvalue weighted by Gasteiger charge is -2.11. The first kappa shape index (κ1) is 17.9. The Morgan fingerprint density at radius 1 is 1.46 bits per heavy atom. The Morgan fingerprint density at radius 2 is 2.21 bits per heavy atom. The van der Waals surface area contributed by atoms with Crippen molar-refractivity contribution in [3.8, 4) is 5.69 Å². The summed E-state index contributed by atoms with van der Waals surface area (Å²) in [6.07, 6.45) is 1.19. The molecule has 0 radical (unpaired) electrons. The first-order chi connectivity index (χ1) is 11.5. The normalized spacial score (nSPS) is 12.0. The Morgan fingerprint density at radius 3 is 2.79 bits per heavy atom. The minimum Gasteiger partial charge on any atom is -0.480 e.